The number of hydrogen-bond acceptors (Lipinski definition) is 6. The monoisotopic (exact) mass is 305 g/mol. The third-order valence-corrected chi connectivity index (χ3v) is 3.48. The van der Waals surface area contributed by atoms with E-state index in [0.717, 1.165) is 5.56 Å². The van der Waals surface area contributed by atoms with E-state index in [1.807, 2.05) is 30.3 Å². The Morgan fingerprint density at radius 2 is 1.90 bits per heavy atom. The molecule has 8 heteroatoms. The van der Waals surface area contributed by atoms with Gasteiger partial charge in [0.2, 0.25) is 0 Å². The zero-order chi connectivity index (χ0) is 14.6. The van der Waals surface area contributed by atoms with E-state index >= 15 is 0 Å². The maximum Gasteiger partial charge on any atom is 1.00 e. The molecular weight excluding hydrogens is 284 g/mol. The van der Waals surface area contributed by atoms with E-state index < -0.39 is 18.3 Å². The van der Waals surface area contributed by atoms with Gasteiger partial charge in [0.25, 0.3) is 0 Å². The molecule has 0 unspecified atom stereocenters. The van der Waals surface area contributed by atoms with Crippen LogP contribution in [0.15, 0.2) is 30.3 Å². The first-order valence-corrected chi connectivity index (χ1v) is 6.67. The summed E-state index contributed by atoms with van der Waals surface area (Å²) in [4.78, 5) is 0. The smallest absolute Gasteiger partial charge is 0.558 e. The minimum absolute atomic E-state index is 0. The van der Waals surface area contributed by atoms with E-state index in [-0.39, 0.29) is 49.4 Å². The molecule has 4 N–H and O–H groups in total. The molecular formula is C13H21BNNaO5. The van der Waals surface area contributed by atoms with Crippen molar-refractivity contribution in [3.05, 3.63) is 35.9 Å². The molecule has 1 aliphatic heterocycles. The van der Waals surface area contributed by atoms with Gasteiger partial charge in [-0.15, -0.1) is 0 Å². The Morgan fingerprint density at radius 3 is 2.43 bits per heavy atom. The second-order valence-electron chi connectivity index (χ2n) is 5.37. The predicted octanol–water partition coefficient (Wildman–Crippen LogP) is -3.20. The molecule has 1 saturated heterocycles. The number of hydrogen-bond donors (Lipinski definition) is 3. The summed E-state index contributed by atoms with van der Waals surface area (Å²) in [5.74, 6) is 0. The Hall–Kier alpha value is 0.0449. The molecule has 0 aromatic heterocycles. The second-order valence-corrected chi connectivity index (χ2v) is 5.37. The molecule has 112 valence electrons. The first-order chi connectivity index (χ1) is 9.47. The molecule has 0 aliphatic carbocycles. The Morgan fingerprint density at radius 1 is 1.33 bits per heavy atom. The fourth-order valence-corrected chi connectivity index (χ4v) is 1.95. The van der Waals surface area contributed by atoms with Crippen LogP contribution in [-0.2, 0) is 20.7 Å². The normalized spacial score (nSPS) is 30.5. The van der Waals surface area contributed by atoms with Gasteiger partial charge in [0.05, 0.1) is 18.8 Å². The van der Waals surface area contributed by atoms with Crippen LogP contribution in [0.2, 0.25) is 0 Å². The quantitative estimate of drug-likeness (QED) is 0.496. The van der Waals surface area contributed by atoms with Gasteiger partial charge in [0.15, 0.2) is 0 Å². The van der Waals surface area contributed by atoms with Crippen LogP contribution >= 0.6 is 0 Å². The topological polar surface area (TPSA) is 94.2 Å². The molecule has 1 aromatic carbocycles. The Bertz CT molecular complexity index is 428. The van der Waals surface area contributed by atoms with Crippen molar-refractivity contribution in [2.45, 2.75) is 25.1 Å². The summed E-state index contributed by atoms with van der Waals surface area (Å²) >= 11 is 0. The Balaban J connectivity index is 0.00000220. The van der Waals surface area contributed by atoms with Crippen LogP contribution in [0.1, 0.15) is 12.5 Å². The van der Waals surface area contributed by atoms with E-state index in [0.29, 0.717) is 6.61 Å². The van der Waals surface area contributed by atoms with Crippen LogP contribution in [0.5, 0.6) is 0 Å². The minimum atomic E-state index is -2.55. The fourth-order valence-electron chi connectivity index (χ4n) is 1.95. The van der Waals surface area contributed by atoms with E-state index in [4.69, 9.17) is 24.9 Å². The van der Waals surface area contributed by atoms with E-state index in [1.54, 1.807) is 6.92 Å². The molecule has 0 amide bonds. The molecule has 1 aliphatic rings. The van der Waals surface area contributed by atoms with Crippen molar-refractivity contribution < 1.29 is 53.7 Å². The molecule has 21 heavy (non-hydrogen) atoms. The zero-order valence-electron chi connectivity index (χ0n) is 12.6. The maximum atomic E-state index is 10.3. The van der Waals surface area contributed by atoms with Gasteiger partial charge in [0, 0.05) is 19.2 Å². The van der Waals surface area contributed by atoms with Crippen LogP contribution in [-0.4, -0.2) is 48.2 Å². The van der Waals surface area contributed by atoms with E-state index in [2.05, 4.69) is 0 Å². The van der Waals surface area contributed by atoms with Gasteiger partial charge in [-0.1, -0.05) is 37.3 Å². The Labute approximate surface area is 146 Å². The summed E-state index contributed by atoms with van der Waals surface area (Å²) in [5, 5.41) is 19.4. The summed E-state index contributed by atoms with van der Waals surface area (Å²) < 4.78 is 16.2. The summed E-state index contributed by atoms with van der Waals surface area (Å²) in [6.45, 7) is -0.720. The van der Waals surface area contributed by atoms with Gasteiger partial charge in [-0.2, -0.15) is 0 Å². The fraction of sp³-hybridized carbons (Fsp3) is 0.538. The number of aliphatic hydroxyl groups excluding tert-OH is 1. The average Bonchev–Trinajstić information content (AvgIpc) is 2.49. The van der Waals surface area contributed by atoms with Crippen LogP contribution in [0.3, 0.4) is 0 Å². The molecule has 1 atom stereocenters. The number of aliphatic hydroxyl groups is 1. The van der Waals surface area contributed by atoms with Gasteiger partial charge in [0.1, 0.15) is 0 Å². The number of ether oxygens (including phenoxy) is 1. The van der Waals surface area contributed by atoms with Crippen molar-refractivity contribution in [2.24, 2.45) is 5.73 Å². The van der Waals surface area contributed by atoms with Gasteiger partial charge < -0.3 is 29.9 Å². The molecule has 6 nitrogen and oxygen atoms in total. The van der Waals surface area contributed by atoms with Crippen LogP contribution in [0, 0.1) is 0 Å². The minimum Gasteiger partial charge on any atom is -0.558 e. The SMILES string of the molecule is C[C@H](OCc1ccccc1)[B-]1(O)OCC(N)(CO)CO1.[Na+]. The van der Waals surface area contributed by atoms with E-state index in [9.17, 15) is 5.02 Å². The molecule has 2 rings (SSSR count). The van der Waals surface area contributed by atoms with Crippen molar-refractivity contribution in [1.29, 1.82) is 0 Å². The summed E-state index contributed by atoms with van der Waals surface area (Å²) in [5.41, 5.74) is 5.84. The second kappa shape index (κ2) is 8.05. The van der Waals surface area contributed by atoms with Gasteiger partial charge in [-0.05, 0) is 5.56 Å². The van der Waals surface area contributed by atoms with Crippen LogP contribution in [0.25, 0.3) is 0 Å². The standard InChI is InChI=1S/C13H21BNO5.Na/c1-11(18-7-12-5-3-2-4-6-12)14(17)19-9-13(15,8-16)10-20-14;/h2-6,11,16-17H,7-10,15H2,1H3;/q-1;+1/t11-,13?,14?;/m0./s1. The molecule has 1 heterocycles. The van der Waals surface area contributed by atoms with Crippen molar-refractivity contribution in [3.63, 3.8) is 0 Å². The first-order valence-electron chi connectivity index (χ1n) is 6.67. The van der Waals surface area contributed by atoms with Crippen molar-refractivity contribution in [1.82, 2.24) is 0 Å². The predicted molar refractivity (Wildman–Crippen MR) is 74.6 cm³/mol. The third kappa shape index (κ3) is 5.02. The summed E-state index contributed by atoms with van der Waals surface area (Å²) in [6.07, 6.45) is 0. The van der Waals surface area contributed by atoms with Gasteiger partial charge >= 0.3 is 36.3 Å². The molecule has 1 aromatic rings. The third-order valence-electron chi connectivity index (χ3n) is 3.48. The molecule has 0 radical (unpaired) electrons. The molecule has 0 saturated carbocycles. The summed E-state index contributed by atoms with van der Waals surface area (Å²) in [7, 11) is 0. The molecule has 1 fully saturated rings. The molecule has 0 bridgehead atoms. The number of benzene rings is 1. The van der Waals surface area contributed by atoms with Crippen LogP contribution in [0.4, 0.5) is 0 Å². The average molecular weight is 305 g/mol. The molecule has 0 spiro atoms. The van der Waals surface area contributed by atoms with Gasteiger partial charge in [-0.25, -0.2) is 0 Å². The van der Waals surface area contributed by atoms with Gasteiger partial charge in [-0.3, -0.25) is 0 Å². The largest absolute Gasteiger partial charge is 1.00 e. The number of nitrogens with two attached hydrogens (primary N) is 1. The number of rotatable bonds is 5. The van der Waals surface area contributed by atoms with Crippen molar-refractivity contribution in [3.8, 4) is 0 Å². The van der Waals surface area contributed by atoms with Crippen LogP contribution < -0.4 is 35.3 Å². The van der Waals surface area contributed by atoms with E-state index in [1.165, 1.54) is 0 Å². The summed E-state index contributed by atoms with van der Waals surface area (Å²) in [6, 6.07) is 9.00. The first kappa shape index (κ1) is 19.1. The Kier molecular flexibility index (Phi) is 7.32. The zero-order valence-corrected chi connectivity index (χ0v) is 14.6. The van der Waals surface area contributed by atoms with Crippen molar-refractivity contribution in [2.75, 3.05) is 19.8 Å². The van der Waals surface area contributed by atoms with Crippen molar-refractivity contribution >= 4 is 6.75 Å². The maximum absolute atomic E-state index is 10.3.